The molecule has 2 heterocycles. The van der Waals surface area contributed by atoms with Crippen LogP contribution in [0.2, 0.25) is 0 Å². The molecule has 2 aliphatic rings. The van der Waals surface area contributed by atoms with E-state index in [1.165, 1.54) is 22.3 Å². The van der Waals surface area contributed by atoms with E-state index >= 15 is 0 Å². The Labute approximate surface area is 203 Å². The number of carbonyl (C=O) groups excluding carboxylic acids is 1. The van der Waals surface area contributed by atoms with Crippen LogP contribution in [0.1, 0.15) is 11.1 Å². The Morgan fingerprint density at radius 3 is 2.83 bits per heavy atom. The van der Waals surface area contributed by atoms with E-state index in [4.69, 9.17) is 9.72 Å². The van der Waals surface area contributed by atoms with Crippen molar-refractivity contribution in [1.29, 1.82) is 0 Å². The van der Waals surface area contributed by atoms with E-state index in [0.29, 0.717) is 23.8 Å². The van der Waals surface area contributed by atoms with Crippen LogP contribution in [0.25, 0.3) is 22.2 Å². The number of likely N-dealkylation sites (N-methyl/N-ethyl adjacent to an activating group) is 1. The monoisotopic (exact) mass is 463 g/mol. The molecule has 1 aliphatic heterocycles. The second-order valence-corrected chi connectivity index (χ2v) is 8.66. The highest BCUT2D eigenvalue weighted by molar-refractivity contribution is 5.93. The minimum Gasteiger partial charge on any atom is -0.457 e. The number of aryl methyl sites for hydroxylation is 1. The van der Waals surface area contributed by atoms with Gasteiger partial charge in [0.1, 0.15) is 17.2 Å². The third-order valence-corrected chi connectivity index (χ3v) is 6.54. The lowest BCUT2D eigenvalue weighted by molar-refractivity contribution is -0.117. The van der Waals surface area contributed by atoms with E-state index in [2.05, 4.69) is 58.4 Å². The minimum atomic E-state index is -0.175. The fourth-order valence-electron chi connectivity index (χ4n) is 4.75. The number of ether oxygens (including phenoxy) is 1. The van der Waals surface area contributed by atoms with Crippen molar-refractivity contribution in [3.63, 3.8) is 0 Å². The average molecular weight is 464 g/mol. The number of hydrogen-bond donors (Lipinski definition) is 3. The topological polar surface area (TPSA) is 80.2 Å². The van der Waals surface area contributed by atoms with Gasteiger partial charge in [-0.2, -0.15) is 0 Å². The van der Waals surface area contributed by atoms with E-state index in [0.717, 1.165) is 29.1 Å². The summed E-state index contributed by atoms with van der Waals surface area (Å²) in [7, 11) is 3.61. The van der Waals surface area contributed by atoms with Crippen LogP contribution in [0, 0.1) is 0 Å². The summed E-state index contributed by atoms with van der Waals surface area (Å²) in [5, 5.41) is 9.22. The normalized spacial score (nSPS) is 13.9. The number of carbonyl (C=O) groups is 1. The Morgan fingerprint density at radius 2 is 1.94 bits per heavy atom. The summed E-state index contributed by atoms with van der Waals surface area (Å²) in [6.07, 6.45) is 4.51. The highest BCUT2D eigenvalue weighted by Gasteiger charge is 2.21. The third kappa shape index (κ3) is 3.71. The molecule has 7 nitrogen and oxygen atoms in total. The zero-order chi connectivity index (χ0) is 23.9. The predicted molar refractivity (Wildman–Crippen MR) is 138 cm³/mol. The summed E-state index contributed by atoms with van der Waals surface area (Å²) in [6.45, 7) is 0.528. The largest absolute Gasteiger partial charge is 0.457 e. The van der Waals surface area contributed by atoms with Crippen molar-refractivity contribution in [2.24, 2.45) is 7.05 Å². The van der Waals surface area contributed by atoms with Crippen molar-refractivity contribution >= 4 is 28.6 Å². The summed E-state index contributed by atoms with van der Waals surface area (Å²) < 4.78 is 8.10. The van der Waals surface area contributed by atoms with Crippen molar-refractivity contribution in [2.45, 2.75) is 6.42 Å². The highest BCUT2D eigenvalue weighted by atomic mass is 16.5. The number of benzene rings is 3. The maximum atomic E-state index is 11.9. The molecule has 174 valence electrons. The number of dihydropyridines is 1. The molecule has 1 aromatic heterocycles. The lowest BCUT2D eigenvalue weighted by atomic mass is 10.1. The number of allylic oxidation sites excluding steroid dienone is 1. The van der Waals surface area contributed by atoms with Crippen molar-refractivity contribution in [1.82, 2.24) is 20.2 Å². The van der Waals surface area contributed by atoms with Gasteiger partial charge in [0.05, 0.1) is 11.0 Å². The molecule has 3 aromatic carbocycles. The molecule has 0 bridgehead atoms. The van der Waals surface area contributed by atoms with Crippen LogP contribution in [0.4, 0.5) is 11.6 Å². The van der Waals surface area contributed by atoms with Crippen LogP contribution in [-0.2, 0) is 18.3 Å². The molecular formula is C28H25N5O2. The van der Waals surface area contributed by atoms with Gasteiger partial charge in [-0.15, -0.1) is 0 Å². The van der Waals surface area contributed by atoms with Crippen molar-refractivity contribution in [2.75, 3.05) is 18.9 Å². The summed E-state index contributed by atoms with van der Waals surface area (Å²) >= 11 is 0. The van der Waals surface area contributed by atoms with Gasteiger partial charge in [-0.1, -0.05) is 36.4 Å². The van der Waals surface area contributed by atoms with Crippen LogP contribution in [0.3, 0.4) is 0 Å². The zero-order valence-electron chi connectivity index (χ0n) is 19.6. The summed E-state index contributed by atoms with van der Waals surface area (Å²) in [6, 6.07) is 20.8. The molecule has 0 unspecified atom stereocenters. The van der Waals surface area contributed by atoms with E-state index in [-0.39, 0.29) is 5.91 Å². The first kappa shape index (κ1) is 21.0. The minimum absolute atomic E-state index is 0.175. The Morgan fingerprint density at radius 1 is 1.09 bits per heavy atom. The average Bonchev–Trinajstić information content (AvgIpc) is 3.41. The molecule has 3 N–H and O–H groups in total. The van der Waals surface area contributed by atoms with E-state index < -0.39 is 0 Å². The molecule has 0 saturated heterocycles. The quantitative estimate of drug-likeness (QED) is 0.360. The molecule has 0 spiro atoms. The molecule has 1 amide bonds. The van der Waals surface area contributed by atoms with E-state index in [1.807, 2.05) is 35.9 Å². The molecule has 0 fully saturated rings. The van der Waals surface area contributed by atoms with Gasteiger partial charge in [-0.05, 0) is 46.5 Å². The molecular weight excluding hydrogens is 438 g/mol. The smallest absolute Gasteiger partial charge is 0.267 e. The van der Waals surface area contributed by atoms with Crippen LogP contribution in [0.15, 0.2) is 84.3 Å². The van der Waals surface area contributed by atoms with Gasteiger partial charge >= 0.3 is 0 Å². The van der Waals surface area contributed by atoms with Crippen LogP contribution < -0.4 is 20.7 Å². The lowest BCUT2D eigenvalue weighted by Gasteiger charge is -2.15. The number of rotatable bonds is 5. The zero-order valence-corrected chi connectivity index (χ0v) is 19.6. The Balaban J connectivity index is 1.28. The van der Waals surface area contributed by atoms with Gasteiger partial charge in [0.2, 0.25) is 5.95 Å². The van der Waals surface area contributed by atoms with Crippen LogP contribution in [-0.4, -0.2) is 29.1 Å². The third-order valence-electron chi connectivity index (χ3n) is 6.54. The van der Waals surface area contributed by atoms with E-state index in [9.17, 15) is 4.79 Å². The number of hydrogen-bond acceptors (Lipinski definition) is 5. The van der Waals surface area contributed by atoms with Gasteiger partial charge in [0, 0.05) is 44.9 Å². The molecule has 35 heavy (non-hydrogen) atoms. The standard InChI is InChI=1S/C28H25N5O2/c1-29-27(34)25-16-19(12-13-30-25)35-18-10-11-26-24(15-18)32-28(33(26)2)31-23-9-5-8-21-20-7-4-3-6-17(20)14-22(21)23/h3-12,15-16,30H,13-14H2,1-2H3,(H,29,34)(H,31,32). The number of aromatic nitrogens is 2. The molecule has 4 aromatic rings. The van der Waals surface area contributed by atoms with Gasteiger partial charge in [0.25, 0.3) is 5.91 Å². The molecule has 7 heteroatoms. The summed E-state index contributed by atoms with van der Waals surface area (Å²) in [4.78, 5) is 16.8. The van der Waals surface area contributed by atoms with Crippen molar-refractivity contribution in [3.8, 4) is 16.9 Å². The molecule has 0 radical (unpaired) electrons. The predicted octanol–water partition coefficient (Wildman–Crippen LogP) is 4.38. The molecule has 0 saturated carbocycles. The van der Waals surface area contributed by atoms with Gasteiger partial charge in [0.15, 0.2) is 0 Å². The Hall–Kier alpha value is -4.52. The van der Waals surface area contributed by atoms with Crippen LogP contribution >= 0.6 is 0 Å². The Bertz CT molecular complexity index is 1550. The second kappa shape index (κ2) is 8.36. The fourth-order valence-corrected chi connectivity index (χ4v) is 4.75. The van der Waals surface area contributed by atoms with E-state index in [1.54, 1.807) is 13.1 Å². The first-order valence-electron chi connectivity index (χ1n) is 11.6. The van der Waals surface area contributed by atoms with Gasteiger partial charge in [-0.25, -0.2) is 4.98 Å². The Kier molecular flexibility index (Phi) is 5.03. The molecule has 0 atom stereocenters. The van der Waals surface area contributed by atoms with Crippen molar-refractivity contribution in [3.05, 3.63) is 95.4 Å². The summed E-state index contributed by atoms with van der Waals surface area (Å²) in [5.41, 5.74) is 8.60. The fraction of sp³-hybridized carbons (Fsp3) is 0.143. The van der Waals surface area contributed by atoms with Gasteiger partial charge in [-0.3, -0.25) is 4.79 Å². The SMILES string of the molecule is CNC(=O)C1=CC(Oc2ccc3c(c2)nc(Nc2cccc4c2Cc2ccccc2-4)n3C)=CCN1. The molecule has 6 rings (SSSR count). The number of imidazole rings is 1. The first-order chi connectivity index (χ1) is 17.1. The highest BCUT2D eigenvalue weighted by Crippen LogP contribution is 2.41. The van der Waals surface area contributed by atoms with Gasteiger partial charge < -0.3 is 25.3 Å². The number of fused-ring (bicyclic) bond motifs is 4. The summed E-state index contributed by atoms with van der Waals surface area (Å²) in [5.74, 6) is 1.88. The van der Waals surface area contributed by atoms with Crippen LogP contribution in [0.5, 0.6) is 5.75 Å². The number of nitrogens with one attached hydrogen (secondary N) is 3. The molecule has 1 aliphatic carbocycles. The lowest BCUT2D eigenvalue weighted by Crippen LogP contribution is -2.31. The number of amides is 1. The maximum absolute atomic E-state index is 11.9. The first-order valence-corrected chi connectivity index (χ1v) is 11.6. The number of anilines is 2. The van der Waals surface area contributed by atoms with Crippen molar-refractivity contribution < 1.29 is 9.53 Å². The maximum Gasteiger partial charge on any atom is 0.267 e. The number of nitrogens with zero attached hydrogens (tertiary/aromatic N) is 2. The second-order valence-electron chi connectivity index (χ2n) is 8.66.